The second kappa shape index (κ2) is 9.06. The highest BCUT2D eigenvalue weighted by Crippen LogP contribution is 2.24. The van der Waals surface area contributed by atoms with Gasteiger partial charge in [-0.25, -0.2) is 0 Å². The molecule has 122 valence electrons. The number of nitrogens with one attached hydrogen (secondary N) is 2. The fourth-order valence-corrected chi connectivity index (χ4v) is 2.80. The highest BCUT2D eigenvalue weighted by atomic mass is 16.2. The van der Waals surface area contributed by atoms with Crippen LogP contribution in [0.5, 0.6) is 0 Å². The normalized spacial score (nSPS) is 19.1. The molecule has 1 saturated carbocycles. The minimum Gasteiger partial charge on any atom is -0.352 e. The third kappa shape index (κ3) is 6.49. The van der Waals surface area contributed by atoms with Gasteiger partial charge < -0.3 is 10.6 Å². The Morgan fingerprint density at radius 2 is 1.67 bits per heavy atom. The highest BCUT2D eigenvalue weighted by molar-refractivity contribution is 5.88. The number of carbonyl (C=O) groups is 2. The maximum absolute atomic E-state index is 12.4. The van der Waals surface area contributed by atoms with Gasteiger partial charge in [-0.2, -0.15) is 0 Å². The molecule has 1 aliphatic rings. The van der Waals surface area contributed by atoms with E-state index in [4.69, 9.17) is 0 Å². The zero-order chi connectivity index (χ0) is 15.8. The van der Waals surface area contributed by atoms with Crippen molar-refractivity contribution < 1.29 is 9.59 Å². The van der Waals surface area contributed by atoms with Crippen LogP contribution in [0, 0.1) is 11.8 Å². The first-order valence-electron chi connectivity index (χ1n) is 8.54. The maximum Gasteiger partial charge on any atom is 0.242 e. The number of rotatable bonds is 7. The molecule has 21 heavy (non-hydrogen) atoms. The van der Waals surface area contributed by atoms with Crippen LogP contribution in [0.1, 0.15) is 72.6 Å². The summed E-state index contributed by atoms with van der Waals surface area (Å²) < 4.78 is 0. The molecule has 0 radical (unpaired) electrons. The summed E-state index contributed by atoms with van der Waals surface area (Å²) in [6, 6.07) is -0.243. The average molecular weight is 296 g/mol. The van der Waals surface area contributed by atoms with Gasteiger partial charge in [-0.1, -0.05) is 40.0 Å². The Hall–Kier alpha value is -1.06. The molecule has 1 aliphatic carbocycles. The van der Waals surface area contributed by atoms with Crippen LogP contribution in [0.15, 0.2) is 0 Å². The Morgan fingerprint density at radius 3 is 2.19 bits per heavy atom. The van der Waals surface area contributed by atoms with Crippen LogP contribution in [0.2, 0.25) is 0 Å². The summed E-state index contributed by atoms with van der Waals surface area (Å²) in [5.74, 6) is 0.510. The second-order valence-corrected chi connectivity index (χ2v) is 6.84. The molecule has 4 heteroatoms. The topological polar surface area (TPSA) is 58.2 Å². The fourth-order valence-electron chi connectivity index (χ4n) is 2.80. The molecule has 0 heterocycles. The monoisotopic (exact) mass is 296 g/mol. The molecule has 0 saturated heterocycles. The lowest BCUT2D eigenvalue weighted by atomic mass is 9.88. The Bertz CT molecular complexity index is 336. The van der Waals surface area contributed by atoms with Crippen molar-refractivity contribution in [2.45, 2.75) is 84.7 Å². The number of hydrogen-bond acceptors (Lipinski definition) is 2. The van der Waals surface area contributed by atoms with Crippen LogP contribution in [0.3, 0.4) is 0 Å². The molecule has 4 nitrogen and oxygen atoms in total. The number of carbonyl (C=O) groups excluding carboxylic acids is 2. The number of hydrogen-bond donors (Lipinski definition) is 2. The van der Waals surface area contributed by atoms with Crippen molar-refractivity contribution in [2.75, 3.05) is 0 Å². The SMILES string of the molecule is CC[C@@H](C)NC(=O)[C@@H](CC(C)C)NC(=O)C1CCCCC1. The predicted octanol–water partition coefficient (Wildman–Crippen LogP) is 3.01. The van der Waals surface area contributed by atoms with E-state index in [2.05, 4.69) is 24.5 Å². The summed E-state index contributed by atoms with van der Waals surface area (Å²) in [5, 5.41) is 5.99. The lowest BCUT2D eigenvalue weighted by molar-refractivity contribution is -0.132. The van der Waals surface area contributed by atoms with E-state index in [9.17, 15) is 9.59 Å². The van der Waals surface area contributed by atoms with E-state index in [0.717, 1.165) is 32.1 Å². The molecule has 1 fully saturated rings. The first-order chi connectivity index (χ1) is 9.93. The number of amides is 2. The van der Waals surface area contributed by atoms with Crippen LogP contribution in [0.4, 0.5) is 0 Å². The summed E-state index contributed by atoms with van der Waals surface area (Å²) in [4.78, 5) is 24.7. The van der Waals surface area contributed by atoms with E-state index in [-0.39, 0.29) is 23.8 Å². The summed E-state index contributed by atoms with van der Waals surface area (Å²) in [6.07, 6.45) is 7.02. The van der Waals surface area contributed by atoms with Gasteiger partial charge in [-0.15, -0.1) is 0 Å². The second-order valence-electron chi connectivity index (χ2n) is 6.84. The van der Waals surface area contributed by atoms with Crippen LogP contribution in [0.25, 0.3) is 0 Å². The van der Waals surface area contributed by atoms with E-state index in [1.54, 1.807) is 0 Å². The lowest BCUT2D eigenvalue weighted by Crippen LogP contribution is -2.51. The maximum atomic E-state index is 12.4. The minimum absolute atomic E-state index is 0.0396. The zero-order valence-electron chi connectivity index (χ0n) is 14.1. The van der Waals surface area contributed by atoms with Gasteiger partial charge in [-0.05, 0) is 38.5 Å². The zero-order valence-corrected chi connectivity index (χ0v) is 14.1. The van der Waals surface area contributed by atoms with Crippen LogP contribution < -0.4 is 10.6 Å². The minimum atomic E-state index is -0.395. The average Bonchev–Trinajstić information content (AvgIpc) is 2.46. The molecular formula is C17H32N2O2. The van der Waals surface area contributed by atoms with Crippen molar-refractivity contribution >= 4 is 11.8 Å². The Morgan fingerprint density at radius 1 is 1.05 bits per heavy atom. The lowest BCUT2D eigenvalue weighted by Gasteiger charge is -2.26. The Balaban J connectivity index is 2.59. The largest absolute Gasteiger partial charge is 0.352 e. The van der Waals surface area contributed by atoms with Crippen LogP contribution >= 0.6 is 0 Å². The quantitative estimate of drug-likeness (QED) is 0.758. The Labute approximate surface area is 129 Å². The van der Waals surface area contributed by atoms with Gasteiger partial charge in [0.05, 0.1) is 0 Å². The molecule has 0 aromatic carbocycles. The van der Waals surface area contributed by atoms with Crippen molar-refractivity contribution in [3.05, 3.63) is 0 Å². The molecule has 1 rings (SSSR count). The van der Waals surface area contributed by atoms with E-state index in [1.165, 1.54) is 6.42 Å². The molecule has 0 spiro atoms. The standard InChI is InChI=1S/C17H32N2O2/c1-5-13(4)18-17(21)15(11-12(2)3)19-16(20)14-9-7-6-8-10-14/h12-15H,5-11H2,1-4H3,(H,18,21)(H,19,20)/t13-,15-/m1/s1. The summed E-state index contributed by atoms with van der Waals surface area (Å²) in [7, 11) is 0. The molecule has 0 unspecified atom stereocenters. The van der Waals surface area contributed by atoms with E-state index < -0.39 is 6.04 Å². The van der Waals surface area contributed by atoms with Gasteiger partial charge in [0.2, 0.25) is 11.8 Å². The van der Waals surface area contributed by atoms with Gasteiger partial charge in [0.1, 0.15) is 6.04 Å². The van der Waals surface area contributed by atoms with Crippen molar-refractivity contribution in [2.24, 2.45) is 11.8 Å². The van der Waals surface area contributed by atoms with E-state index in [1.807, 2.05) is 13.8 Å². The third-order valence-corrected chi connectivity index (χ3v) is 4.32. The fraction of sp³-hybridized carbons (Fsp3) is 0.882. The van der Waals surface area contributed by atoms with Crippen molar-refractivity contribution in [1.29, 1.82) is 0 Å². The smallest absolute Gasteiger partial charge is 0.242 e. The molecule has 0 aromatic heterocycles. The van der Waals surface area contributed by atoms with Crippen molar-refractivity contribution in [3.63, 3.8) is 0 Å². The molecule has 2 amide bonds. The molecule has 0 aromatic rings. The molecule has 2 atom stereocenters. The van der Waals surface area contributed by atoms with E-state index in [0.29, 0.717) is 12.3 Å². The third-order valence-electron chi connectivity index (χ3n) is 4.32. The summed E-state index contributed by atoms with van der Waals surface area (Å²) in [5.41, 5.74) is 0. The van der Waals surface area contributed by atoms with Gasteiger partial charge in [0.25, 0.3) is 0 Å². The van der Waals surface area contributed by atoms with Crippen LogP contribution in [-0.2, 0) is 9.59 Å². The van der Waals surface area contributed by atoms with Gasteiger partial charge in [-0.3, -0.25) is 9.59 Å². The summed E-state index contributed by atoms with van der Waals surface area (Å²) >= 11 is 0. The first-order valence-corrected chi connectivity index (χ1v) is 8.54. The van der Waals surface area contributed by atoms with Gasteiger partial charge in [0, 0.05) is 12.0 Å². The predicted molar refractivity (Wildman–Crippen MR) is 85.9 cm³/mol. The van der Waals surface area contributed by atoms with Crippen molar-refractivity contribution in [3.8, 4) is 0 Å². The Kier molecular flexibility index (Phi) is 7.76. The molecular weight excluding hydrogens is 264 g/mol. The molecule has 0 bridgehead atoms. The first kappa shape index (κ1) is 18.0. The molecule has 2 N–H and O–H groups in total. The van der Waals surface area contributed by atoms with Crippen molar-refractivity contribution in [1.82, 2.24) is 10.6 Å². The highest BCUT2D eigenvalue weighted by Gasteiger charge is 2.27. The van der Waals surface area contributed by atoms with Gasteiger partial charge >= 0.3 is 0 Å². The summed E-state index contributed by atoms with van der Waals surface area (Å²) in [6.45, 7) is 8.20. The van der Waals surface area contributed by atoms with Gasteiger partial charge in [0.15, 0.2) is 0 Å². The van der Waals surface area contributed by atoms with Crippen LogP contribution in [-0.4, -0.2) is 23.9 Å². The molecule has 0 aliphatic heterocycles. The van der Waals surface area contributed by atoms with E-state index >= 15 is 0 Å².